The van der Waals surface area contributed by atoms with Crippen molar-refractivity contribution in [1.82, 2.24) is 10.3 Å². The minimum atomic E-state index is -0.0634. The number of thioether (sulfide) groups is 1. The third-order valence-electron chi connectivity index (χ3n) is 3.82. The van der Waals surface area contributed by atoms with Gasteiger partial charge in [0.15, 0.2) is 0 Å². The van der Waals surface area contributed by atoms with Crippen LogP contribution in [0.3, 0.4) is 0 Å². The summed E-state index contributed by atoms with van der Waals surface area (Å²) < 4.78 is 0.217. The number of anilines is 1. The van der Waals surface area contributed by atoms with Gasteiger partial charge in [-0.1, -0.05) is 19.3 Å². The highest BCUT2D eigenvalue weighted by Crippen LogP contribution is 2.37. The summed E-state index contributed by atoms with van der Waals surface area (Å²) in [6, 6.07) is 3.37. The topological polar surface area (TPSA) is 68.0 Å². The lowest BCUT2D eigenvalue weighted by molar-refractivity contribution is 0.0946. The molecule has 0 bridgehead atoms. The molecule has 1 fully saturated rings. The largest absolute Gasteiger partial charge is 0.384 e. The van der Waals surface area contributed by atoms with Crippen LogP contribution >= 0.6 is 11.8 Å². The molecule has 1 saturated carbocycles. The van der Waals surface area contributed by atoms with Crippen LogP contribution in [-0.2, 0) is 0 Å². The SMILES string of the molecule is CSC1(CNC(=O)c2ccc(N)nc2)CCCCC1. The summed E-state index contributed by atoms with van der Waals surface area (Å²) in [4.78, 5) is 16.0. The van der Waals surface area contributed by atoms with E-state index in [1.165, 1.54) is 38.3 Å². The Balaban J connectivity index is 1.93. The predicted molar refractivity (Wildman–Crippen MR) is 80.3 cm³/mol. The maximum Gasteiger partial charge on any atom is 0.252 e. The number of nitrogens with zero attached hydrogens (tertiary/aromatic N) is 1. The number of rotatable bonds is 4. The fourth-order valence-corrected chi connectivity index (χ4v) is 3.45. The molecule has 5 heteroatoms. The first-order valence-electron chi connectivity index (χ1n) is 6.70. The molecule has 4 nitrogen and oxygen atoms in total. The van der Waals surface area contributed by atoms with E-state index in [2.05, 4.69) is 16.6 Å². The number of amides is 1. The number of hydrogen-bond donors (Lipinski definition) is 2. The van der Waals surface area contributed by atoms with Crippen molar-refractivity contribution >= 4 is 23.5 Å². The average molecular weight is 279 g/mol. The van der Waals surface area contributed by atoms with E-state index in [4.69, 9.17) is 5.73 Å². The van der Waals surface area contributed by atoms with E-state index in [-0.39, 0.29) is 10.7 Å². The van der Waals surface area contributed by atoms with Gasteiger partial charge in [0.1, 0.15) is 5.82 Å². The van der Waals surface area contributed by atoms with Crippen molar-refractivity contribution in [2.75, 3.05) is 18.5 Å². The summed E-state index contributed by atoms with van der Waals surface area (Å²) in [7, 11) is 0. The number of nitrogens with one attached hydrogen (secondary N) is 1. The number of aromatic nitrogens is 1. The van der Waals surface area contributed by atoms with Crippen LogP contribution in [-0.4, -0.2) is 28.4 Å². The number of nitrogen functional groups attached to an aromatic ring is 1. The van der Waals surface area contributed by atoms with Crippen molar-refractivity contribution < 1.29 is 4.79 Å². The van der Waals surface area contributed by atoms with Gasteiger partial charge in [0.2, 0.25) is 0 Å². The molecule has 19 heavy (non-hydrogen) atoms. The Morgan fingerprint density at radius 3 is 2.74 bits per heavy atom. The Hall–Kier alpha value is -1.23. The second-order valence-electron chi connectivity index (χ2n) is 5.10. The monoisotopic (exact) mass is 279 g/mol. The molecule has 1 aromatic rings. The second kappa shape index (κ2) is 6.28. The van der Waals surface area contributed by atoms with Gasteiger partial charge in [0.25, 0.3) is 5.91 Å². The van der Waals surface area contributed by atoms with Crippen LogP contribution in [0.4, 0.5) is 5.82 Å². The van der Waals surface area contributed by atoms with Gasteiger partial charge in [-0.3, -0.25) is 4.79 Å². The van der Waals surface area contributed by atoms with Crippen molar-refractivity contribution in [2.45, 2.75) is 36.9 Å². The summed E-state index contributed by atoms with van der Waals surface area (Å²) >= 11 is 1.88. The third-order valence-corrected chi connectivity index (χ3v) is 5.24. The minimum absolute atomic E-state index is 0.0634. The van der Waals surface area contributed by atoms with Crippen LogP contribution in [0.5, 0.6) is 0 Å². The van der Waals surface area contributed by atoms with Crippen LogP contribution in [0.15, 0.2) is 18.3 Å². The number of carbonyl (C=O) groups is 1. The molecule has 0 aliphatic heterocycles. The van der Waals surface area contributed by atoms with Crippen molar-refractivity contribution in [1.29, 1.82) is 0 Å². The molecule has 1 aliphatic rings. The van der Waals surface area contributed by atoms with Gasteiger partial charge in [-0.15, -0.1) is 0 Å². The molecule has 0 unspecified atom stereocenters. The molecular weight excluding hydrogens is 258 g/mol. The number of nitrogens with two attached hydrogens (primary N) is 1. The molecule has 3 N–H and O–H groups in total. The lowest BCUT2D eigenvalue weighted by atomic mass is 9.88. The van der Waals surface area contributed by atoms with Crippen LogP contribution in [0.2, 0.25) is 0 Å². The number of hydrogen-bond acceptors (Lipinski definition) is 4. The first kappa shape index (κ1) is 14.2. The number of carbonyl (C=O) groups excluding carboxylic acids is 1. The smallest absolute Gasteiger partial charge is 0.252 e. The van der Waals surface area contributed by atoms with Crippen LogP contribution in [0.25, 0.3) is 0 Å². The molecule has 104 valence electrons. The third kappa shape index (κ3) is 3.62. The average Bonchev–Trinajstić information content (AvgIpc) is 2.46. The quantitative estimate of drug-likeness (QED) is 0.888. The zero-order valence-electron chi connectivity index (χ0n) is 11.3. The molecule has 0 aromatic carbocycles. The molecule has 0 saturated heterocycles. The highest BCUT2D eigenvalue weighted by Gasteiger charge is 2.31. The predicted octanol–water partition coefficient (Wildman–Crippen LogP) is 2.46. The molecule has 2 rings (SSSR count). The molecule has 0 spiro atoms. The molecule has 0 atom stereocenters. The summed E-state index contributed by atoms with van der Waals surface area (Å²) in [5.74, 6) is 0.371. The van der Waals surface area contributed by atoms with E-state index < -0.39 is 0 Å². The first-order valence-corrected chi connectivity index (χ1v) is 7.93. The summed E-state index contributed by atoms with van der Waals surface area (Å²) in [5.41, 5.74) is 6.08. The van der Waals surface area contributed by atoms with Gasteiger partial charge in [-0.2, -0.15) is 11.8 Å². The lowest BCUT2D eigenvalue weighted by Gasteiger charge is -2.35. The first-order chi connectivity index (χ1) is 9.15. The molecular formula is C14H21N3OS. The molecule has 1 aliphatic carbocycles. The maximum atomic E-state index is 12.1. The molecule has 1 aromatic heterocycles. The minimum Gasteiger partial charge on any atom is -0.384 e. The van der Waals surface area contributed by atoms with Crippen LogP contribution in [0, 0.1) is 0 Å². The fourth-order valence-electron chi connectivity index (χ4n) is 2.53. The molecule has 0 radical (unpaired) electrons. The summed E-state index contributed by atoms with van der Waals surface area (Å²) in [5, 5.41) is 3.04. The maximum absolute atomic E-state index is 12.1. The standard InChI is InChI=1S/C14H21N3OS/c1-19-14(7-3-2-4-8-14)10-17-13(18)11-5-6-12(15)16-9-11/h5-6,9H,2-4,7-8,10H2,1H3,(H2,15,16)(H,17,18). The van der Waals surface area contributed by atoms with Gasteiger partial charge in [-0.25, -0.2) is 4.98 Å². The van der Waals surface area contributed by atoms with Gasteiger partial charge < -0.3 is 11.1 Å². The second-order valence-corrected chi connectivity index (χ2v) is 6.38. The Morgan fingerprint density at radius 1 is 1.42 bits per heavy atom. The lowest BCUT2D eigenvalue weighted by Crippen LogP contribution is -2.41. The summed E-state index contributed by atoms with van der Waals surface area (Å²) in [6.07, 6.45) is 9.89. The zero-order chi connectivity index (χ0) is 13.7. The molecule has 1 heterocycles. The highest BCUT2D eigenvalue weighted by molar-refractivity contribution is 8.00. The highest BCUT2D eigenvalue weighted by atomic mass is 32.2. The Kier molecular flexibility index (Phi) is 4.69. The van der Waals surface area contributed by atoms with Gasteiger partial charge in [0, 0.05) is 17.5 Å². The normalized spacial score (nSPS) is 17.9. The van der Waals surface area contributed by atoms with Gasteiger partial charge in [0.05, 0.1) is 5.56 Å². The molecule has 1 amide bonds. The van der Waals surface area contributed by atoms with E-state index in [1.54, 1.807) is 12.1 Å². The summed E-state index contributed by atoms with van der Waals surface area (Å²) in [6.45, 7) is 0.734. The van der Waals surface area contributed by atoms with E-state index in [1.807, 2.05) is 11.8 Å². The van der Waals surface area contributed by atoms with Crippen molar-refractivity contribution in [3.8, 4) is 0 Å². The zero-order valence-corrected chi connectivity index (χ0v) is 12.1. The van der Waals surface area contributed by atoms with Gasteiger partial charge >= 0.3 is 0 Å². The van der Waals surface area contributed by atoms with E-state index in [0.717, 1.165) is 6.54 Å². The Labute approximate surface area is 118 Å². The van der Waals surface area contributed by atoms with Crippen molar-refractivity contribution in [3.05, 3.63) is 23.9 Å². The van der Waals surface area contributed by atoms with Crippen molar-refractivity contribution in [2.24, 2.45) is 0 Å². The van der Waals surface area contributed by atoms with Crippen molar-refractivity contribution in [3.63, 3.8) is 0 Å². The fraction of sp³-hybridized carbons (Fsp3) is 0.571. The van der Waals surface area contributed by atoms with E-state index in [9.17, 15) is 4.79 Å². The Morgan fingerprint density at radius 2 is 2.16 bits per heavy atom. The van der Waals surface area contributed by atoms with Gasteiger partial charge in [-0.05, 0) is 31.2 Å². The van der Waals surface area contributed by atoms with E-state index >= 15 is 0 Å². The number of pyridine rings is 1. The Bertz CT molecular complexity index is 427. The van der Waals surface area contributed by atoms with Crippen LogP contribution in [0.1, 0.15) is 42.5 Å². The van der Waals surface area contributed by atoms with E-state index in [0.29, 0.717) is 11.4 Å². The van der Waals surface area contributed by atoms with Crippen LogP contribution < -0.4 is 11.1 Å².